The van der Waals surface area contributed by atoms with Gasteiger partial charge in [0.15, 0.2) is 5.13 Å². The van der Waals surface area contributed by atoms with E-state index in [1.54, 1.807) is 6.20 Å². The maximum Gasteiger partial charge on any atom is 0.263 e. The number of carbonyl (C=O) groups excluding carboxylic acids is 1. The van der Waals surface area contributed by atoms with Crippen LogP contribution < -0.4 is 10.6 Å². The minimum absolute atomic E-state index is 0.0984. The quantitative estimate of drug-likeness (QED) is 0.600. The molecule has 1 aliphatic carbocycles. The van der Waals surface area contributed by atoms with Crippen molar-refractivity contribution in [2.75, 3.05) is 5.32 Å². The molecular weight excluding hydrogens is 332 g/mol. The molecule has 0 aliphatic heterocycles. The monoisotopic (exact) mass is 360 g/mol. The minimum Gasteiger partial charge on any atom is -0.349 e. The molecular formula is C19H28N4OS. The average Bonchev–Trinajstić information content (AvgIpc) is 3.11. The topological polar surface area (TPSA) is 77.8 Å². The predicted molar refractivity (Wildman–Crippen MR) is 102 cm³/mol. The first-order valence-electron chi connectivity index (χ1n) is 9.37. The number of nitriles is 1. The summed E-state index contributed by atoms with van der Waals surface area (Å²) in [6, 6.07) is 2.16. The summed E-state index contributed by atoms with van der Waals surface area (Å²) in [6.07, 6.45) is 16.5. The van der Waals surface area contributed by atoms with Crippen LogP contribution in [-0.2, 0) is 4.79 Å². The van der Waals surface area contributed by atoms with E-state index in [0.29, 0.717) is 5.13 Å². The van der Waals surface area contributed by atoms with E-state index in [-0.39, 0.29) is 17.5 Å². The molecule has 0 atom stereocenters. The lowest BCUT2D eigenvalue weighted by Crippen LogP contribution is -2.35. The summed E-state index contributed by atoms with van der Waals surface area (Å²) in [5.74, 6) is -0.288. The molecule has 1 amide bonds. The van der Waals surface area contributed by atoms with Crippen LogP contribution in [0.1, 0.15) is 70.6 Å². The number of anilines is 1. The van der Waals surface area contributed by atoms with Gasteiger partial charge in [-0.15, -0.1) is 11.3 Å². The summed E-state index contributed by atoms with van der Waals surface area (Å²) >= 11 is 1.43. The third-order valence-electron chi connectivity index (χ3n) is 4.58. The maximum absolute atomic E-state index is 12.4. The van der Waals surface area contributed by atoms with Crippen LogP contribution in [0.4, 0.5) is 5.13 Å². The van der Waals surface area contributed by atoms with Crippen molar-refractivity contribution in [3.05, 3.63) is 23.3 Å². The zero-order chi connectivity index (χ0) is 17.7. The lowest BCUT2D eigenvalue weighted by Gasteiger charge is -2.19. The van der Waals surface area contributed by atoms with Gasteiger partial charge in [-0.05, 0) is 12.8 Å². The molecule has 1 aromatic heterocycles. The van der Waals surface area contributed by atoms with Crippen molar-refractivity contribution >= 4 is 22.4 Å². The Morgan fingerprint density at radius 3 is 2.24 bits per heavy atom. The highest BCUT2D eigenvalue weighted by atomic mass is 32.1. The highest BCUT2D eigenvalue weighted by molar-refractivity contribution is 7.13. The van der Waals surface area contributed by atoms with E-state index in [2.05, 4.69) is 15.6 Å². The molecule has 0 unspecified atom stereocenters. The molecule has 0 aromatic carbocycles. The van der Waals surface area contributed by atoms with Gasteiger partial charge in [0.25, 0.3) is 5.91 Å². The molecule has 2 N–H and O–H groups in total. The summed E-state index contributed by atoms with van der Waals surface area (Å²) in [6.45, 7) is 0. The molecule has 0 radical (unpaired) electrons. The van der Waals surface area contributed by atoms with E-state index in [9.17, 15) is 10.1 Å². The second-order valence-electron chi connectivity index (χ2n) is 6.58. The van der Waals surface area contributed by atoms with Crippen LogP contribution >= 0.6 is 11.3 Å². The minimum atomic E-state index is -0.288. The number of thiazole rings is 1. The van der Waals surface area contributed by atoms with E-state index < -0.39 is 0 Å². The van der Waals surface area contributed by atoms with Crippen molar-refractivity contribution in [2.24, 2.45) is 0 Å². The molecule has 6 heteroatoms. The second-order valence-corrected chi connectivity index (χ2v) is 7.48. The van der Waals surface area contributed by atoms with Gasteiger partial charge in [-0.3, -0.25) is 4.79 Å². The molecule has 25 heavy (non-hydrogen) atoms. The SMILES string of the molecule is N#C/C(=C/Nc1nccs1)C(=O)NC1CCCCCCCCCCC1. The first-order valence-corrected chi connectivity index (χ1v) is 10.2. The van der Waals surface area contributed by atoms with Gasteiger partial charge in [-0.2, -0.15) is 5.26 Å². The normalized spacial score (nSPS) is 18.4. The van der Waals surface area contributed by atoms with Crippen LogP contribution in [0.3, 0.4) is 0 Å². The fraction of sp³-hybridized carbons (Fsp3) is 0.632. The predicted octanol–water partition coefficient (Wildman–Crippen LogP) is 4.75. The fourth-order valence-corrected chi connectivity index (χ4v) is 3.65. The molecule has 1 aliphatic rings. The molecule has 1 fully saturated rings. The number of rotatable bonds is 4. The Balaban J connectivity index is 1.87. The Hall–Kier alpha value is -1.87. The largest absolute Gasteiger partial charge is 0.349 e. The average molecular weight is 361 g/mol. The van der Waals surface area contributed by atoms with Crippen LogP contribution in [0.15, 0.2) is 23.3 Å². The van der Waals surface area contributed by atoms with Gasteiger partial charge in [-0.1, -0.05) is 57.8 Å². The molecule has 1 aromatic rings. The van der Waals surface area contributed by atoms with Gasteiger partial charge in [0.1, 0.15) is 11.6 Å². The molecule has 5 nitrogen and oxygen atoms in total. The van der Waals surface area contributed by atoms with Crippen LogP contribution in [0, 0.1) is 11.3 Å². The molecule has 0 bridgehead atoms. The Morgan fingerprint density at radius 1 is 1.12 bits per heavy atom. The van der Waals surface area contributed by atoms with E-state index >= 15 is 0 Å². The third-order valence-corrected chi connectivity index (χ3v) is 5.28. The number of amides is 1. The Kier molecular flexibility index (Phi) is 9.06. The first-order chi connectivity index (χ1) is 12.3. The van der Waals surface area contributed by atoms with E-state index in [4.69, 9.17) is 0 Å². The highest BCUT2D eigenvalue weighted by Crippen LogP contribution is 2.17. The number of carbonyl (C=O) groups is 1. The summed E-state index contributed by atoms with van der Waals surface area (Å²) < 4.78 is 0. The Labute approximate surface area is 154 Å². The molecule has 0 saturated heterocycles. The van der Waals surface area contributed by atoms with Crippen molar-refractivity contribution in [3.8, 4) is 6.07 Å². The Morgan fingerprint density at radius 2 is 1.72 bits per heavy atom. The summed E-state index contributed by atoms with van der Waals surface area (Å²) in [4.78, 5) is 16.5. The van der Waals surface area contributed by atoms with Crippen LogP contribution in [0.25, 0.3) is 0 Å². The lowest BCUT2D eigenvalue weighted by atomic mass is 9.98. The van der Waals surface area contributed by atoms with Gasteiger partial charge in [0.2, 0.25) is 0 Å². The summed E-state index contributed by atoms with van der Waals surface area (Å²) in [5.41, 5.74) is 0.0984. The smallest absolute Gasteiger partial charge is 0.263 e. The molecule has 1 heterocycles. The van der Waals surface area contributed by atoms with Crippen LogP contribution in [-0.4, -0.2) is 16.9 Å². The maximum atomic E-state index is 12.4. The van der Waals surface area contributed by atoms with Gasteiger partial charge < -0.3 is 10.6 Å². The molecule has 0 spiro atoms. The number of nitrogens with one attached hydrogen (secondary N) is 2. The van der Waals surface area contributed by atoms with Crippen molar-refractivity contribution in [3.63, 3.8) is 0 Å². The van der Waals surface area contributed by atoms with Crippen LogP contribution in [0.5, 0.6) is 0 Å². The van der Waals surface area contributed by atoms with Gasteiger partial charge in [0.05, 0.1) is 0 Å². The number of hydrogen-bond acceptors (Lipinski definition) is 5. The highest BCUT2D eigenvalue weighted by Gasteiger charge is 2.16. The third kappa shape index (κ3) is 7.70. The summed E-state index contributed by atoms with van der Waals surface area (Å²) in [5, 5.41) is 17.8. The Bertz CT molecular complexity index is 565. The van der Waals surface area contributed by atoms with E-state index in [0.717, 1.165) is 25.7 Å². The fourth-order valence-electron chi connectivity index (χ4n) is 3.15. The molecule has 1 saturated carbocycles. The zero-order valence-corrected chi connectivity index (χ0v) is 15.6. The second kappa shape index (κ2) is 11.6. The zero-order valence-electron chi connectivity index (χ0n) is 14.8. The van der Waals surface area contributed by atoms with Crippen molar-refractivity contribution < 1.29 is 4.79 Å². The number of nitrogens with zero attached hydrogens (tertiary/aromatic N) is 2. The number of hydrogen-bond donors (Lipinski definition) is 2. The van der Waals surface area contributed by atoms with E-state index in [1.807, 2.05) is 11.4 Å². The van der Waals surface area contributed by atoms with Gasteiger partial charge >= 0.3 is 0 Å². The van der Waals surface area contributed by atoms with Gasteiger partial charge in [0, 0.05) is 23.8 Å². The van der Waals surface area contributed by atoms with Crippen molar-refractivity contribution in [2.45, 2.75) is 76.7 Å². The van der Waals surface area contributed by atoms with Crippen LogP contribution in [0.2, 0.25) is 0 Å². The number of aromatic nitrogens is 1. The van der Waals surface area contributed by atoms with Crippen molar-refractivity contribution in [1.82, 2.24) is 10.3 Å². The molecule has 2 rings (SSSR count). The van der Waals surface area contributed by atoms with Crippen molar-refractivity contribution in [1.29, 1.82) is 5.26 Å². The standard InChI is InChI=1S/C19H28N4OS/c20-14-16(15-22-19-21-12-13-25-19)18(24)23-17-10-8-6-4-2-1-3-5-7-9-11-17/h12-13,15,17H,1-11H2,(H,21,22)(H,23,24)/b16-15-. The van der Waals surface area contributed by atoms with Gasteiger partial charge in [-0.25, -0.2) is 4.98 Å². The lowest BCUT2D eigenvalue weighted by molar-refractivity contribution is -0.117. The first kappa shape index (κ1) is 19.5. The van der Waals surface area contributed by atoms with E-state index in [1.165, 1.54) is 62.5 Å². The molecule has 136 valence electrons. The summed E-state index contributed by atoms with van der Waals surface area (Å²) in [7, 11) is 0.